The molecule has 3 aromatic carbocycles. The first-order valence-electron chi connectivity index (χ1n) is 12.2. The largest absolute Gasteiger partial charge is 1.00 e. The first-order valence-corrected chi connectivity index (χ1v) is 13.9. The Bertz CT molecular complexity index is 1570. The van der Waals surface area contributed by atoms with Gasteiger partial charge in [0.05, 0.1) is 14.2 Å². The normalized spacial score (nSPS) is 11.5. The van der Waals surface area contributed by atoms with Crippen LogP contribution in [0.15, 0.2) is 82.5 Å². The number of sulfonamides is 1. The second-order valence-electron chi connectivity index (χ2n) is 8.71. The van der Waals surface area contributed by atoms with E-state index in [2.05, 4.69) is 14.5 Å². The van der Waals surface area contributed by atoms with Crippen molar-refractivity contribution in [2.75, 3.05) is 27.4 Å². The van der Waals surface area contributed by atoms with Gasteiger partial charge in [0, 0.05) is 35.0 Å². The van der Waals surface area contributed by atoms with Crippen LogP contribution < -0.4 is 54.6 Å². The van der Waals surface area contributed by atoms with Crippen LogP contribution >= 0.6 is 11.8 Å². The molecular weight excluding hydrogens is 581 g/mol. The number of hydrogen-bond acceptors (Lipinski definition) is 8. The summed E-state index contributed by atoms with van der Waals surface area (Å²) in [6, 6.07) is 20.6. The maximum Gasteiger partial charge on any atom is 1.00 e. The number of aromatic amines is 1. The summed E-state index contributed by atoms with van der Waals surface area (Å²) in [4.78, 5) is 14.2. The van der Waals surface area contributed by atoms with E-state index in [1.54, 1.807) is 44.6 Å². The molecule has 41 heavy (non-hydrogen) atoms. The van der Waals surface area contributed by atoms with Crippen LogP contribution in [-0.4, -0.2) is 52.0 Å². The van der Waals surface area contributed by atoms with Crippen LogP contribution in [0.5, 0.6) is 17.2 Å². The Hall–Kier alpha value is -2.61. The number of aliphatic hydroxyl groups is 1. The zero-order valence-electron chi connectivity index (χ0n) is 23.3. The Morgan fingerprint density at radius 1 is 0.976 bits per heavy atom. The molecule has 4 rings (SSSR count). The fraction of sp³-hybridized carbons (Fsp3) is 0.250. The molecule has 0 amide bonds. The van der Waals surface area contributed by atoms with Crippen molar-refractivity contribution in [2.45, 2.75) is 24.5 Å². The minimum absolute atomic E-state index is 0. The number of aliphatic hydroxyl groups excluding tert-OH is 1. The first kappa shape index (κ1) is 34.6. The van der Waals surface area contributed by atoms with Crippen LogP contribution in [0, 0.1) is 6.92 Å². The molecular formula is C28H31ClN3NaO7S. The summed E-state index contributed by atoms with van der Waals surface area (Å²) in [5.74, 6) is 1.99. The molecule has 0 spiro atoms. The van der Waals surface area contributed by atoms with Crippen LogP contribution in [0.3, 0.4) is 0 Å². The Kier molecular flexibility index (Phi) is 14.1. The molecule has 1 atom stereocenters. The second-order valence-corrected chi connectivity index (χ2v) is 10.7. The summed E-state index contributed by atoms with van der Waals surface area (Å²) < 4.78 is 41.0. The zero-order chi connectivity index (χ0) is 29.1. The number of hydrogen-bond donors (Lipinski definition) is 3. The Balaban J connectivity index is 0.000000381. The number of nitrogens with one attached hydrogen (secondary N) is 2. The molecule has 0 fully saturated rings. The summed E-state index contributed by atoms with van der Waals surface area (Å²) in [6.07, 6.45) is -0.661. The number of aromatic nitrogens is 1. The summed E-state index contributed by atoms with van der Waals surface area (Å²) >= 11 is 4.90. The van der Waals surface area contributed by atoms with Crippen molar-refractivity contribution >= 4 is 32.7 Å². The number of benzene rings is 3. The number of fused-ring (bicyclic) bond motifs is 1. The maximum atomic E-state index is 11.3. The van der Waals surface area contributed by atoms with E-state index in [0.717, 1.165) is 22.0 Å². The third-order valence-electron chi connectivity index (χ3n) is 5.70. The van der Waals surface area contributed by atoms with Gasteiger partial charge in [-0.25, -0.2) is 8.42 Å². The van der Waals surface area contributed by atoms with E-state index in [1.807, 2.05) is 31.2 Å². The van der Waals surface area contributed by atoms with Crippen LogP contribution in [-0.2, 0) is 16.6 Å². The molecule has 0 bridgehead atoms. The van der Waals surface area contributed by atoms with E-state index in [1.165, 1.54) is 18.2 Å². The number of methoxy groups -OCH3 is 2. The number of pyridine rings is 1. The van der Waals surface area contributed by atoms with Crippen molar-refractivity contribution in [1.82, 2.24) is 10.3 Å². The fourth-order valence-electron chi connectivity index (χ4n) is 3.60. The van der Waals surface area contributed by atoms with Gasteiger partial charge in [-0.3, -0.25) is 16.6 Å². The van der Waals surface area contributed by atoms with E-state index in [0.29, 0.717) is 30.3 Å². The molecule has 0 aliphatic heterocycles. The van der Waals surface area contributed by atoms with Gasteiger partial charge in [-0.2, -0.15) is 0 Å². The molecule has 214 valence electrons. The molecule has 1 unspecified atom stereocenters. The van der Waals surface area contributed by atoms with Gasteiger partial charge >= 0.3 is 29.6 Å². The van der Waals surface area contributed by atoms with Crippen LogP contribution in [0.1, 0.15) is 11.1 Å². The average Bonchev–Trinajstić information content (AvgIpc) is 2.96. The Morgan fingerprint density at radius 3 is 2.34 bits per heavy atom. The van der Waals surface area contributed by atoms with Crippen LogP contribution in [0.4, 0.5) is 0 Å². The minimum atomic E-state index is -3.62. The van der Waals surface area contributed by atoms with Crippen molar-refractivity contribution in [1.29, 1.82) is 0 Å². The quantitative estimate of drug-likeness (QED) is 0.216. The molecule has 0 aliphatic rings. The summed E-state index contributed by atoms with van der Waals surface area (Å²) in [6.45, 7) is 3.00. The van der Waals surface area contributed by atoms with Gasteiger partial charge in [-0.1, -0.05) is 23.8 Å². The predicted molar refractivity (Wildman–Crippen MR) is 155 cm³/mol. The smallest absolute Gasteiger partial charge is 0.493 e. The number of halogens is 1. The third kappa shape index (κ3) is 10.6. The number of nitrogens with zero attached hydrogens (tertiary/aromatic N) is 1. The molecule has 0 aliphatic carbocycles. The van der Waals surface area contributed by atoms with Gasteiger partial charge in [-0.15, -0.1) is 0 Å². The standard InChI is InChI=1S/C21H24N2O5.C7H7ClNO2S.Na/c1-26-19-7-3-14(9-20(19)27-2)11-22-12-16(24)13-28-17-5-6-18-15(10-17)4-8-21(25)23-18;1-6-2-4-7(5-3-6)12(10,11)9-8;/h3-10,16,22,24H,11-13H2,1-2H3,(H,23,25);2-5H,1H3;/q;-1;+1. The molecule has 0 saturated heterocycles. The second kappa shape index (κ2) is 16.7. The number of rotatable bonds is 11. The average molecular weight is 612 g/mol. The van der Waals surface area contributed by atoms with Gasteiger partial charge in [0.25, 0.3) is 0 Å². The maximum absolute atomic E-state index is 11.3. The predicted octanol–water partition coefficient (Wildman–Crippen LogP) is 1.29. The van der Waals surface area contributed by atoms with Gasteiger partial charge < -0.3 is 33.9 Å². The van der Waals surface area contributed by atoms with Gasteiger partial charge in [-0.05, 0) is 61.0 Å². The first-order chi connectivity index (χ1) is 19.1. The van der Waals surface area contributed by atoms with Crippen molar-refractivity contribution in [2.24, 2.45) is 0 Å². The van der Waals surface area contributed by atoms with Crippen molar-refractivity contribution < 1.29 is 57.3 Å². The van der Waals surface area contributed by atoms with Crippen LogP contribution in [0.25, 0.3) is 15.1 Å². The topological polar surface area (TPSA) is 141 Å². The van der Waals surface area contributed by atoms with Crippen molar-refractivity contribution in [3.05, 3.63) is 98.5 Å². The Morgan fingerprint density at radius 2 is 1.68 bits per heavy atom. The molecule has 1 heterocycles. The summed E-state index contributed by atoms with van der Waals surface area (Å²) in [5.41, 5.74) is 2.62. The molecule has 13 heteroatoms. The molecule has 3 N–H and O–H groups in total. The van der Waals surface area contributed by atoms with E-state index in [4.69, 9.17) is 26.0 Å². The molecule has 1 aromatic heterocycles. The SMILES string of the molecule is COc1ccc(CNCC(O)COc2ccc3[nH]c(=O)ccc3c2)cc1OC.Cc1ccc(S(=O)(=O)[N-]Cl)cc1.[Na+]. The monoisotopic (exact) mass is 611 g/mol. The zero-order valence-corrected chi connectivity index (χ0v) is 26.8. The third-order valence-corrected chi connectivity index (χ3v) is 7.30. The fourth-order valence-corrected chi connectivity index (χ4v) is 4.40. The molecule has 0 saturated carbocycles. The van der Waals surface area contributed by atoms with E-state index < -0.39 is 16.1 Å². The van der Waals surface area contributed by atoms with Crippen LogP contribution in [0.2, 0.25) is 0 Å². The Labute approximate surface area is 266 Å². The summed E-state index contributed by atoms with van der Waals surface area (Å²) in [5, 5.41) is 14.2. The molecule has 4 aromatic rings. The van der Waals surface area contributed by atoms with E-state index in [9.17, 15) is 18.3 Å². The van der Waals surface area contributed by atoms with Gasteiger partial charge in [0.15, 0.2) is 11.5 Å². The minimum Gasteiger partial charge on any atom is -0.493 e. The van der Waals surface area contributed by atoms with Gasteiger partial charge in [0.1, 0.15) is 28.5 Å². The number of H-pyrrole nitrogens is 1. The summed E-state index contributed by atoms with van der Waals surface area (Å²) in [7, 11) is -0.428. The number of ether oxygens (including phenoxy) is 3. The van der Waals surface area contributed by atoms with E-state index in [-0.39, 0.29) is 46.6 Å². The van der Waals surface area contributed by atoms with Crippen molar-refractivity contribution in [3.8, 4) is 17.2 Å². The van der Waals surface area contributed by atoms with Gasteiger partial charge in [0.2, 0.25) is 5.56 Å². The molecule has 0 radical (unpaired) electrons. The van der Waals surface area contributed by atoms with E-state index >= 15 is 0 Å². The van der Waals surface area contributed by atoms with Crippen molar-refractivity contribution in [3.63, 3.8) is 0 Å². The molecule has 10 nitrogen and oxygen atoms in total. The number of aryl methyl sites for hydroxylation is 1.